The summed E-state index contributed by atoms with van der Waals surface area (Å²) in [6.45, 7) is 8.04. The Kier molecular flexibility index (Phi) is 9.03. The summed E-state index contributed by atoms with van der Waals surface area (Å²) in [5.41, 5.74) is 3.14. The standard InChI is InChI=1S/C35H32BrN3O6S2/c1-5-45-33(43)20-8-14-23(15-9-20)37-25(40)18-38-32-29(47-34(38)44)26(19-6-10-21(11-7-19)35(2,3)4)27-28(46-32)31(42)39(30(27)41)24-16-12-22(36)13-17-24/h6-17,26-28H,5,18H2,1-4H3,(H,37,40)/t26-,27?,28?/m0/s1. The molecule has 0 bridgehead atoms. The Morgan fingerprint density at radius 3 is 2.19 bits per heavy atom. The van der Waals surface area contributed by atoms with Crippen LogP contribution in [0.25, 0.3) is 0 Å². The maximum absolute atomic E-state index is 14.1. The van der Waals surface area contributed by atoms with Gasteiger partial charge in [-0.3, -0.25) is 23.7 Å². The van der Waals surface area contributed by atoms with Gasteiger partial charge in [0.05, 0.1) is 28.8 Å². The summed E-state index contributed by atoms with van der Waals surface area (Å²) in [6, 6.07) is 21.3. The number of carbonyl (C=O) groups excluding carboxylic acids is 4. The van der Waals surface area contributed by atoms with E-state index in [0.717, 1.165) is 26.9 Å². The van der Waals surface area contributed by atoms with Gasteiger partial charge in [-0.2, -0.15) is 0 Å². The highest BCUT2D eigenvalue weighted by Crippen LogP contribution is 2.54. The summed E-state index contributed by atoms with van der Waals surface area (Å²) in [5.74, 6) is -2.87. The van der Waals surface area contributed by atoms with E-state index in [1.807, 2.05) is 24.3 Å². The maximum atomic E-state index is 14.1. The van der Waals surface area contributed by atoms with E-state index in [1.165, 1.54) is 21.2 Å². The van der Waals surface area contributed by atoms with Gasteiger partial charge in [-0.1, -0.05) is 84.1 Å². The van der Waals surface area contributed by atoms with Gasteiger partial charge >= 0.3 is 10.8 Å². The Labute approximate surface area is 288 Å². The summed E-state index contributed by atoms with van der Waals surface area (Å²) >= 11 is 5.59. The molecule has 2 aliphatic heterocycles. The molecule has 3 heterocycles. The molecule has 1 saturated heterocycles. The molecule has 3 amide bonds. The SMILES string of the molecule is CCOC(=O)c1ccc(NC(=O)Cn2c3c(sc2=O)[C@@H](c2ccc(C(C)(C)C)cc2)C2C(=O)N(c4ccc(Br)cc4)C(=O)C2S3)cc1. The molecule has 0 saturated carbocycles. The van der Waals surface area contributed by atoms with Gasteiger partial charge in [0.25, 0.3) is 0 Å². The minimum Gasteiger partial charge on any atom is -0.462 e. The quantitative estimate of drug-likeness (QED) is 0.169. The first-order chi connectivity index (χ1) is 22.4. The number of fused-ring (bicyclic) bond motifs is 2. The van der Waals surface area contributed by atoms with E-state index in [2.05, 4.69) is 42.0 Å². The lowest BCUT2D eigenvalue weighted by Gasteiger charge is -2.31. The number of hydrogen-bond acceptors (Lipinski definition) is 8. The average molecular weight is 735 g/mol. The lowest BCUT2D eigenvalue weighted by molar-refractivity contribution is -0.122. The molecule has 242 valence electrons. The van der Waals surface area contributed by atoms with Crippen molar-refractivity contribution in [1.29, 1.82) is 0 Å². The fourth-order valence-corrected chi connectivity index (χ4v) is 8.94. The fourth-order valence-electron chi connectivity index (χ4n) is 5.90. The van der Waals surface area contributed by atoms with Crippen LogP contribution in [0.4, 0.5) is 11.4 Å². The number of nitrogens with zero attached hydrogens (tertiary/aromatic N) is 2. The molecule has 1 aromatic heterocycles. The lowest BCUT2D eigenvalue weighted by Crippen LogP contribution is -2.33. The van der Waals surface area contributed by atoms with Crippen LogP contribution in [0.3, 0.4) is 0 Å². The number of imide groups is 1. The molecule has 4 aromatic rings. The van der Waals surface area contributed by atoms with Crippen LogP contribution in [0.5, 0.6) is 0 Å². The van der Waals surface area contributed by atoms with Gasteiger partial charge in [0.15, 0.2) is 0 Å². The number of thioether (sulfide) groups is 1. The number of nitrogens with one attached hydrogen (secondary N) is 1. The molecule has 3 aromatic carbocycles. The zero-order chi connectivity index (χ0) is 33.6. The van der Waals surface area contributed by atoms with Crippen molar-refractivity contribution in [3.8, 4) is 0 Å². The molecule has 1 fully saturated rings. The number of hydrogen-bond donors (Lipinski definition) is 1. The number of amides is 3. The van der Waals surface area contributed by atoms with E-state index >= 15 is 0 Å². The summed E-state index contributed by atoms with van der Waals surface area (Å²) in [7, 11) is 0. The highest BCUT2D eigenvalue weighted by molar-refractivity contribution is 9.10. The Morgan fingerprint density at radius 1 is 0.915 bits per heavy atom. The van der Waals surface area contributed by atoms with E-state index in [1.54, 1.807) is 55.5 Å². The first-order valence-electron chi connectivity index (χ1n) is 15.1. The van der Waals surface area contributed by atoms with Crippen LogP contribution >= 0.6 is 39.0 Å². The highest BCUT2D eigenvalue weighted by Gasteiger charge is 2.56. The minimum absolute atomic E-state index is 0.0905. The van der Waals surface area contributed by atoms with E-state index in [4.69, 9.17) is 4.74 Å². The molecule has 6 rings (SSSR count). The van der Waals surface area contributed by atoms with Gasteiger partial charge < -0.3 is 10.1 Å². The molecule has 3 atom stereocenters. The highest BCUT2D eigenvalue weighted by atomic mass is 79.9. The number of thiazole rings is 1. The molecule has 9 nitrogen and oxygen atoms in total. The second-order valence-corrected chi connectivity index (χ2v) is 15.4. The largest absolute Gasteiger partial charge is 0.462 e. The van der Waals surface area contributed by atoms with Crippen LogP contribution < -0.4 is 15.1 Å². The van der Waals surface area contributed by atoms with Crippen LogP contribution in [0.2, 0.25) is 0 Å². The Bertz CT molecular complexity index is 1930. The third kappa shape index (κ3) is 6.33. The Morgan fingerprint density at radius 2 is 1.57 bits per heavy atom. The van der Waals surface area contributed by atoms with Crippen molar-refractivity contribution in [1.82, 2.24) is 4.57 Å². The fraction of sp³-hybridized carbons (Fsp3) is 0.286. The van der Waals surface area contributed by atoms with Gasteiger partial charge in [-0.15, -0.1) is 0 Å². The number of benzene rings is 3. The van der Waals surface area contributed by atoms with Gasteiger partial charge in [-0.25, -0.2) is 9.69 Å². The third-order valence-electron chi connectivity index (χ3n) is 8.25. The van der Waals surface area contributed by atoms with Crippen molar-refractivity contribution < 1.29 is 23.9 Å². The average Bonchev–Trinajstić information content (AvgIpc) is 3.47. The normalized spacial score (nSPS) is 18.9. The monoisotopic (exact) mass is 733 g/mol. The minimum atomic E-state index is -0.787. The number of esters is 1. The maximum Gasteiger partial charge on any atom is 0.338 e. The van der Waals surface area contributed by atoms with Crippen LogP contribution in [0.1, 0.15) is 60.0 Å². The molecule has 2 aliphatic rings. The second kappa shape index (κ2) is 12.9. The van der Waals surface area contributed by atoms with Crippen molar-refractivity contribution in [3.63, 3.8) is 0 Å². The van der Waals surface area contributed by atoms with Gasteiger partial charge in [0, 0.05) is 21.0 Å². The van der Waals surface area contributed by atoms with Crippen molar-refractivity contribution in [2.45, 2.75) is 55.8 Å². The van der Waals surface area contributed by atoms with Crippen molar-refractivity contribution in [3.05, 3.63) is 109 Å². The molecule has 0 aliphatic carbocycles. The van der Waals surface area contributed by atoms with Gasteiger partial charge in [0.1, 0.15) is 11.8 Å². The number of aromatic nitrogens is 1. The van der Waals surface area contributed by atoms with Crippen molar-refractivity contribution in [2.24, 2.45) is 5.92 Å². The van der Waals surface area contributed by atoms with E-state index in [-0.39, 0.29) is 35.3 Å². The van der Waals surface area contributed by atoms with E-state index in [9.17, 15) is 24.0 Å². The predicted octanol–water partition coefficient (Wildman–Crippen LogP) is 6.58. The number of halogens is 1. The lowest BCUT2D eigenvalue weighted by atomic mass is 9.81. The molecule has 2 unspecified atom stereocenters. The second-order valence-electron chi connectivity index (χ2n) is 12.4. The molecular weight excluding hydrogens is 702 g/mol. The number of anilines is 2. The van der Waals surface area contributed by atoms with Crippen LogP contribution in [-0.4, -0.2) is 40.1 Å². The molecule has 0 radical (unpaired) electrons. The first-order valence-corrected chi connectivity index (χ1v) is 17.6. The smallest absolute Gasteiger partial charge is 0.338 e. The zero-order valence-electron chi connectivity index (χ0n) is 26.1. The van der Waals surface area contributed by atoms with Gasteiger partial charge in [0.2, 0.25) is 17.7 Å². The van der Waals surface area contributed by atoms with E-state index in [0.29, 0.717) is 26.8 Å². The first kappa shape index (κ1) is 32.9. The molecular formula is C35H32BrN3O6S2. The summed E-state index contributed by atoms with van der Waals surface area (Å²) in [4.78, 5) is 68.4. The topological polar surface area (TPSA) is 115 Å². The molecule has 12 heteroatoms. The number of carbonyl (C=O) groups is 4. The predicted molar refractivity (Wildman–Crippen MR) is 186 cm³/mol. The molecule has 0 spiro atoms. The van der Waals surface area contributed by atoms with Gasteiger partial charge in [-0.05, 0) is 72.0 Å². The van der Waals surface area contributed by atoms with Crippen LogP contribution in [-0.2, 0) is 31.1 Å². The zero-order valence-corrected chi connectivity index (χ0v) is 29.3. The number of rotatable bonds is 7. The van der Waals surface area contributed by atoms with Crippen molar-refractivity contribution in [2.75, 3.05) is 16.8 Å². The van der Waals surface area contributed by atoms with Crippen molar-refractivity contribution >= 4 is 74.1 Å². The summed E-state index contributed by atoms with van der Waals surface area (Å²) in [6.07, 6.45) is 0. The summed E-state index contributed by atoms with van der Waals surface area (Å²) in [5, 5.41) is 2.51. The Balaban J connectivity index is 1.35. The van der Waals surface area contributed by atoms with Crippen LogP contribution in [0, 0.1) is 5.92 Å². The van der Waals surface area contributed by atoms with Crippen LogP contribution in [0.15, 0.2) is 87.1 Å². The Hall–Kier alpha value is -4.00. The third-order valence-corrected chi connectivity index (χ3v) is 11.4. The molecule has 47 heavy (non-hydrogen) atoms. The molecule has 1 N–H and O–H groups in total. The summed E-state index contributed by atoms with van der Waals surface area (Å²) < 4.78 is 7.22. The number of ether oxygens (including phenoxy) is 1. The van der Waals surface area contributed by atoms with E-state index < -0.39 is 29.0 Å².